The third kappa shape index (κ3) is 5.09. The van der Waals surface area contributed by atoms with Gasteiger partial charge in [-0.15, -0.1) is 0 Å². The summed E-state index contributed by atoms with van der Waals surface area (Å²) in [5.74, 6) is 0.942. The molecule has 1 amide bonds. The van der Waals surface area contributed by atoms with Gasteiger partial charge in [0.05, 0.1) is 6.54 Å². The number of aryl methyl sites for hydroxylation is 1. The first-order valence-electron chi connectivity index (χ1n) is 9.28. The summed E-state index contributed by atoms with van der Waals surface area (Å²) >= 11 is 0. The Hall–Kier alpha value is -2.33. The summed E-state index contributed by atoms with van der Waals surface area (Å²) in [7, 11) is 1.95. The Kier molecular flexibility index (Phi) is 5.94. The largest absolute Gasteiger partial charge is 0.492 e. The Morgan fingerprint density at radius 3 is 2.46 bits per heavy atom. The van der Waals surface area contributed by atoms with Gasteiger partial charge in [-0.2, -0.15) is 0 Å². The second kappa shape index (κ2) is 8.37. The molecule has 0 saturated heterocycles. The Balaban J connectivity index is 1.36. The molecule has 0 unspecified atom stereocenters. The number of ether oxygens (including phenoxy) is 1. The minimum Gasteiger partial charge on any atom is -0.492 e. The minimum atomic E-state index is 0.0741. The number of carbonyl (C=O) groups excluding carboxylic acids is 1. The lowest BCUT2D eigenvalue weighted by Crippen LogP contribution is -2.40. The smallest absolute Gasteiger partial charge is 0.234 e. The summed E-state index contributed by atoms with van der Waals surface area (Å²) in [6, 6.07) is 18.5. The lowest BCUT2D eigenvalue weighted by molar-refractivity contribution is -0.122. The molecular formula is C22H28N2O2. The number of rotatable bonds is 9. The summed E-state index contributed by atoms with van der Waals surface area (Å²) in [6.07, 6.45) is 2.30. The van der Waals surface area contributed by atoms with Crippen LogP contribution in [0.3, 0.4) is 0 Å². The fourth-order valence-corrected chi connectivity index (χ4v) is 3.11. The van der Waals surface area contributed by atoms with E-state index in [0.717, 1.165) is 25.1 Å². The fourth-order valence-electron chi connectivity index (χ4n) is 3.11. The molecule has 1 N–H and O–H groups in total. The van der Waals surface area contributed by atoms with E-state index < -0.39 is 0 Å². The number of carbonyl (C=O) groups is 1. The average molecular weight is 352 g/mol. The van der Waals surface area contributed by atoms with Crippen molar-refractivity contribution in [1.82, 2.24) is 10.2 Å². The second-order valence-electron chi connectivity index (χ2n) is 7.32. The first-order chi connectivity index (χ1) is 12.6. The van der Waals surface area contributed by atoms with E-state index in [4.69, 9.17) is 4.74 Å². The number of benzene rings is 2. The van der Waals surface area contributed by atoms with Gasteiger partial charge in [0.25, 0.3) is 0 Å². The third-order valence-electron chi connectivity index (χ3n) is 5.04. The van der Waals surface area contributed by atoms with Crippen LogP contribution in [0.15, 0.2) is 54.6 Å². The molecule has 26 heavy (non-hydrogen) atoms. The molecule has 0 spiro atoms. The van der Waals surface area contributed by atoms with E-state index in [0.29, 0.717) is 19.7 Å². The highest BCUT2D eigenvalue weighted by Gasteiger charge is 2.44. The van der Waals surface area contributed by atoms with Crippen LogP contribution in [0.1, 0.15) is 24.0 Å². The molecule has 1 saturated carbocycles. The molecule has 1 fully saturated rings. The quantitative estimate of drug-likeness (QED) is 0.754. The summed E-state index contributed by atoms with van der Waals surface area (Å²) in [6.45, 7) is 4.46. The maximum atomic E-state index is 12.2. The van der Waals surface area contributed by atoms with Crippen LogP contribution < -0.4 is 10.1 Å². The molecule has 2 aromatic carbocycles. The van der Waals surface area contributed by atoms with Crippen LogP contribution in [-0.2, 0) is 10.2 Å². The van der Waals surface area contributed by atoms with Gasteiger partial charge >= 0.3 is 0 Å². The van der Waals surface area contributed by atoms with Crippen LogP contribution in [0.4, 0.5) is 0 Å². The van der Waals surface area contributed by atoms with Crippen LogP contribution in [-0.4, -0.2) is 44.1 Å². The molecule has 4 heteroatoms. The molecule has 0 aromatic heterocycles. The van der Waals surface area contributed by atoms with E-state index in [1.165, 1.54) is 11.1 Å². The topological polar surface area (TPSA) is 41.6 Å². The second-order valence-corrected chi connectivity index (χ2v) is 7.32. The third-order valence-corrected chi connectivity index (χ3v) is 5.04. The van der Waals surface area contributed by atoms with E-state index in [-0.39, 0.29) is 11.3 Å². The molecule has 4 nitrogen and oxygen atoms in total. The van der Waals surface area contributed by atoms with E-state index in [1.54, 1.807) is 0 Å². The van der Waals surface area contributed by atoms with Gasteiger partial charge in [-0.05, 0) is 44.5 Å². The first kappa shape index (κ1) is 18.5. The monoisotopic (exact) mass is 352 g/mol. The molecule has 0 radical (unpaired) electrons. The normalized spacial score (nSPS) is 14.9. The molecule has 138 valence electrons. The number of hydrogen-bond donors (Lipinski definition) is 1. The van der Waals surface area contributed by atoms with E-state index in [9.17, 15) is 4.79 Å². The summed E-state index contributed by atoms with van der Waals surface area (Å²) in [5.41, 5.74) is 2.71. The first-order valence-corrected chi connectivity index (χ1v) is 9.28. The van der Waals surface area contributed by atoms with E-state index >= 15 is 0 Å². The van der Waals surface area contributed by atoms with Crippen molar-refractivity contribution in [3.8, 4) is 5.75 Å². The maximum Gasteiger partial charge on any atom is 0.234 e. The van der Waals surface area contributed by atoms with Gasteiger partial charge in [0.1, 0.15) is 12.4 Å². The Bertz CT molecular complexity index is 709. The molecule has 0 aliphatic heterocycles. The predicted octanol–water partition coefficient (Wildman–Crippen LogP) is 3.15. The number of nitrogens with one attached hydrogen (secondary N) is 1. The lowest BCUT2D eigenvalue weighted by atomic mass is 9.96. The highest BCUT2D eigenvalue weighted by Crippen LogP contribution is 2.47. The Labute approximate surface area is 156 Å². The van der Waals surface area contributed by atoms with Crippen molar-refractivity contribution in [1.29, 1.82) is 0 Å². The van der Waals surface area contributed by atoms with E-state index in [2.05, 4.69) is 36.5 Å². The summed E-state index contributed by atoms with van der Waals surface area (Å²) in [4.78, 5) is 14.2. The molecular weight excluding hydrogens is 324 g/mol. The zero-order valence-corrected chi connectivity index (χ0v) is 15.7. The molecule has 0 atom stereocenters. The predicted molar refractivity (Wildman–Crippen MR) is 105 cm³/mol. The van der Waals surface area contributed by atoms with E-state index in [1.807, 2.05) is 42.3 Å². The number of nitrogens with zero attached hydrogens (tertiary/aromatic N) is 1. The molecule has 1 aliphatic carbocycles. The highest BCUT2D eigenvalue weighted by molar-refractivity contribution is 5.78. The fraction of sp³-hybridized carbons (Fsp3) is 0.409. The standard InChI is InChI=1S/C22H28N2O2/c1-18-8-10-20(11-9-18)26-15-14-24(2)16-21(25)23-17-22(12-13-22)19-6-4-3-5-7-19/h3-11H,12-17H2,1-2H3,(H,23,25). The average Bonchev–Trinajstić information content (AvgIpc) is 3.44. The minimum absolute atomic E-state index is 0.0741. The molecule has 3 rings (SSSR count). The van der Waals surface area contributed by atoms with Crippen LogP contribution in [0.5, 0.6) is 5.75 Å². The van der Waals surface area contributed by atoms with Gasteiger partial charge in [0, 0.05) is 18.5 Å². The zero-order chi connectivity index (χ0) is 18.4. The van der Waals surface area contributed by atoms with Crippen LogP contribution in [0.2, 0.25) is 0 Å². The summed E-state index contributed by atoms with van der Waals surface area (Å²) < 4.78 is 5.72. The van der Waals surface area contributed by atoms with Gasteiger partial charge in [0.15, 0.2) is 0 Å². The number of amides is 1. The number of hydrogen-bond acceptors (Lipinski definition) is 3. The van der Waals surface area contributed by atoms with Crippen molar-refractivity contribution >= 4 is 5.91 Å². The van der Waals surface area contributed by atoms with Crippen molar-refractivity contribution < 1.29 is 9.53 Å². The van der Waals surface area contributed by atoms with Gasteiger partial charge in [-0.1, -0.05) is 48.0 Å². The van der Waals surface area contributed by atoms with Crippen LogP contribution >= 0.6 is 0 Å². The summed E-state index contributed by atoms with van der Waals surface area (Å²) in [5, 5.41) is 3.11. The van der Waals surface area contributed by atoms with Crippen molar-refractivity contribution in [3.63, 3.8) is 0 Å². The van der Waals surface area contributed by atoms with Gasteiger partial charge in [0.2, 0.25) is 5.91 Å². The number of likely N-dealkylation sites (N-methyl/N-ethyl adjacent to an activating group) is 1. The Morgan fingerprint density at radius 1 is 1.12 bits per heavy atom. The maximum absolute atomic E-state index is 12.2. The SMILES string of the molecule is Cc1ccc(OCCN(C)CC(=O)NCC2(c3ccccc3)CC2)cc1. The molecule has 0 bridgehead atoms. The van der Waals surface area contributed by atoms with Crippen molar-refractivity contribution in [2.45, 2.75) is 25.2 Å². The van der Waals surface area contributed by atoms with Crippen molar-refractivity contribution in [2.24, 2.45) is 0 Å². The zero-order valence-electron chi connectivity index (χ0n) is 15.7. The van der Waals surface area contributed by atoms with Gasteiger partial charge in [-0.3, -0.25) is 9.69 Å². The van der Waals surface area contributed by atoms with Crippen molar-refractivity contribution in [2.75, 3.05) is 33.3 Å². The highest BCUT2D eigenvalue weighted by atomic mass is 16.5. The lowest BCUT2D eigenvalue weighted by Gasteiger charge is -2.19. The Morgan fingerprint density at radius 2 is 1.81 bits per heavy atom. The van der Waals surface area contributed by atoms with Crippen molar-refractivity contribution in [3.05, 3.63) is 65.7 Å². The van der Waals surface area contributed by atoms with Crippen LogP contribution in [0, 0.1) is 6.92 Å². The van der Waals surface area contributed by atoms with Gasteiger partial charge < -0.3 is 10.1 Å². The van der Waals surface area contributed by atoms with Crippen LogP contribution in [0.25, 0.3) is 0 Å². The molecule has 0 heterocycles. The van der Waals surface area contributed by atoms with Gasteiger partial charge in [-0.25, -0.2) is 0 Å². The molecule has 2 aromatic rings. The molecule has 1 aliphatic rings.